The second kappa shape index (κ2) is 7.61. The average molecular weight is 403 g/mol. The fourth-order valence-electron chi connectivity index (χ4n) is 2.62. The van der Waals surface area contributed by atoms with Crippen LogP contribution in [0.1, 0.15) is 5.56 Å². The monoisotopic (exact) mass is 402 g/mol. The van der Waals surface area contributed by atoms with Crippen LogP contribution in [0.3, 0.4) is 0 Å². The van der Waals surface area contributed by atoms with E-state index in [1.54, 1.807) is 12.1 Å². The number of benzene rings is 2. The molecule has 0 bridgehead atoms. The molecule has 1 saturated heterocycles. The zero-order chi connectivity index (χ0) is 20.4. The Kier molecular flexibility index (Phi) is 5.23. The number of methoxy groups -OCH3 is 2. The molecule has 2 aromatic carbocycles. The Morgan fingerprint density at radius 3 is 2.36 bits per heavy atom. The molecule has 28 heavy (non-hydrogen) atoms. The number of nitrogens with one attached hydrogen (secondary N) is 1. The maximum atomic E-state index is 12.8. The highest BCUT2D eigenvalue weighted by Crippen LogP contribution is 2.36. The number of hydrogen-bond donors (Lipinski definition) is 2. The minimum atomic E-state index is -0.862. The number of phenolic OH excluding ortho intramolecular Hbond substituents is 1. The van der Waals surface area contributed by atoms with E-state index in [4.69, 9.17) is 21.1 Å². The normalized spacial score (nSPS) is 15.6. The molecular weight excluding hydrogens is 388 g/mol. The van der Waals surface area contributed by atoms with Crippen molar-refractivity contribution in [3.63, 3.8) is 0 Å². The quantitative estimate of drug-likeness (QED) is 0.601. The third-order valence-corrected chi connectivity index (χ3v) is 4.30. The van der Waals surface area contributed by atoms with Crippen LogP contribution in [0.5, 0.6) is 17.2 Å². The lowest BCUT2D eigenvalue weighted by molar-refractivity contribution is -0.122. The standard InChI is InChI=1S/C19H15ClN2O6/c1-27-12-5-3-11(4-6-12)22-18(25)13(17(24)21-19(22)26)7-10-8-14(20)16(23)15(9-10)28-2/h3-9,23H,1-2H3,(H,21,24,26)/b13-7+. The van der Waals surface area contributed by atoms with Crippen LogP contribution in [0, 0.1) is 0 Å². The summed E-state index contributed by atoms with van der Waals surface area (Å²) >= 11 is 5.94. The van der Waals surface area contributed by atoms with E-state index in [1.165, 1.54) is 44.6 Å². The number of barbiturate groups is 1. The highest BCUT2D eigenvalue weighted by molar-refractivity contribution is 6.39. The third kappa shape index (κ3) is 3.49. The van der Waals surface area contributed by atoms with E-state index in [-0.39, 0.29) is 27.8 Å². The Balaban J connectivity index is 2.02. The van der Waals surface area contributed by atoms with Crippen molar-refractivity contribution < 1.29 is 29.0 Å². The molecule has 0 aliphatic carbocycles. The number of carbonyl (C=O) groups is 3. The fraction of sp³-hybridized carbons (Fsp3) is 0.105. The van der Waals surface area contributed by atoms with E-state index in [1.807, 2.05) is 0 Å². The van der Waals surface area contributed by atoms with Gasteiger partial charge in [0, 0.05) is 0 Å². The molecule has 144 valence electrons. The van der Waals surface area contributed by atoms with Crippen LogP contribution >= 0.6 is 11.6 Å². The number of nitrogens with zero attached hydrogens (tertiary/aromatic N) is 1. The number of aromatic hydroxyl groups is 1. The van der Waals surface area contributed by atoms with E-state index in [2.05, 4.69) is 5.32 Å². The Morgan fingerprint density at radius 2 is 1.75 bits per heavy atom. The Morgan fingerprint density at radius 1 is 1.07 bits per heavy atom. The SMILES string of the molecule is COc1ccc(N2C(=O)NC(=O)/C(=C\c3cc(Cl)c(O)c(OC)c3)C2=O)cc1. The van der Waals surface area contributed by atoms with Gasteiger partial charge in [-0.2, -0.15) is 0 Å². The zero-order valence-electron chi connectivity index (χ0n) is 14.9. The second-order valence-electron chi connectivity index (χ2n) is 5.71. The lowest BCUT2D eigenvalue weighted by Gasteiger charge is -2.26. The third-order valence-electron chi connectivity index (χ3n) is 4.01. The van der Waals surface area contributed by atoms with Crippen molar-refractivity contribution in [1.82, 2.24) is 5.32 Å². The van der Waals surface area contributed by atoms with Gasteiger partial charge in [0.15, 0.2) is 11.5 Å². The minimum Gasteiger partial charge on any atom is -0.503 e. The number of urea groups is 1. The number of phenols is 1. The van der Waals surface area contributed by atoms with Gasteiger partial charge < -0.3 is 14.6 Å². The maximum Gasteiger partial charge on any atom is 0.335 e. The molecule has 9 heteroatoms. The van der Waals surface area contributed by atoms with Gasteiger partial charge in [-0.3, -0.25) is 14.9 Å². The summed E-state index contributed by atoms with van der Waals surface area (Å²) in [7, 11) is 2.83. The van der Waals surface area contributed by atoms with Crippen LogP contribution in [0.2, 0.25) is 5.02 Å². The number of carbonyl (C=O) groups excluding carboxylic acids is 3. The highest BCUT2D eigenvalue weighted by atomic mass is 35.5. The molecule has 1 aliphatic rings. The summed E-state index contributed by atoms with van der Waals surface area (Å²) in [6.45, 7) is 0. The van der Waals surface area contributed by atoms with Gasteiger partial charge in [-0.1, -0.05) is 11.6 Å². The Hall–Kier alpha value is -3.52. The van der Waals surface area contributed by atoms with E-state index < -0.39 is 17.8 Å². The Bertz CT molecular complexity index is 1000. The molecule has 1 fully saturated rings. The van der Waals surface area contributed by atoms with Gasteiger partial charge in [0.1, 0.15) is 11.3 Å². The lowest BCUT2D eigenvalue weighted by Crippen LogP contribution is -2.54. The van der Waals surface area contributed by atoms with Crippen molar-refractivity contribution in [2.24, 2.45) is 0 Å². The van der Waals surface area contributed by atoms with Crippen LogP contribution in [0.4, 0.5) is 10.5 Å². The molecule has 2 N–H and O–H groups in total. The van der Waals surface area contributed by atoms with Gasteiger partial charge in [-0.25, -0.2) is 9.69 Å². The van der Waals surface area contributed by atoms with Gasteiger partial charge >= 0.3 is 6.03 Å². The molecule has 8 nitrogen and oxygen atoms in total. The highest BCUT2D eigenvalue weighted by Gasteiger charge is 2.36. The summed E-state index contributed by atoms with van der Waals surface area (Å²) in [5, 5.41) is 11.9. The maximum absolute atomic E-state index is 12.8. The van der Waals surface area contributed by atoms with Gasteiger partial charge in [0.05, 0.1) is 24.9 Å². The van der Waals surface area contributed by atoms with Crippen molar-refractivity contribution in [2.45, 2.75) is 0 Å². The zero-order valence-corrected chi connectivity index (χ0v) is 15.6. The summed E-state index contributed by atoms with van der Waals surface area (Å²) in [6, 6.07) is 8.11. The smallest absolute Gasteiger partial charge is 0.335 e. The number of rotatable bonds is 4. The average Bonchev–Trinajstić information content (AvgIpc) is 2.68. The fourth-order valence-corrected chi connectivity index (χ4v) is 2.84. The van der Waals surface area contributed by atoms with Crippen LogP contribution in [-0.4, -0.2) is 37.2 Å². The molecular formula is C19H15ClN2O6. The molecule has 0 atom stereocenters. The van der Waals surface area contributed by atoms with Gasteiger partial charge in [0.2, 0.25) is 0 Å². The number of anilines is 1. The van der Waals surface area contributed by atoms with Crippen molar-refractivity contribution in [2.75, 3.05) is 19.1 Å². The summed E-state index contributed by atoms with van der Waals surface area (Å²) in [5.74, 6) is -1.29. The van der Waals surface area contributed by atoms with Gasteiger partial charge in [-0.05, 0) is 48.0 Å². The molecule has 0 spiro atoms. The van der Waals surface area contributed by atoms with Crippen LogP contribution in [0.15, 0.2) is 42.0 Å². The first-order valence-corrected chi connectivity index (χ1v) is 8.35. The lowest BCUT2D eigenvalue weighted by atomic mass is 10.1. The second-order valence-corrected chi connectivity index (χ2v) is 6.12. The largest absolute Gasteiger partial charge is 0.503 e. The van der Waals surface area contributed by atoms with Crippen LogP contribution < -0.4 is 19.7 Å². The van der Waals surface area contributed by atoms with Crippen molar-refractivity contribution in [3.05, 3.63) is 52.6 Å². The number of imide groups is 2. The van der Waals surface area contributed by atoms with E-state index >= 15 is 0 Å². The molecule has 0 aromatic heterocycles. The van der Waals surface area contributed by atoms with Crippen molar-refractivity contribution in [3.8, 4) is 17.2 Å². The summed E-state index contributed by atoms with van der Waals surface area (Å²) in [6.07, 6.45) is 1.26. The predicted molar refractivity (Wildman–Crippen MR) is 102 cm³/mol. The van der Waals surface area contributed by atoms with Gasteiger partial charge in [-0.15, -0.1) is 0 Å². The van der Waals surface area contributed by atoms with E-state index in [0.29, 0.717) is 11.3 Å². The summed E-state index contributed by atoms with van der Waals surface area (Å²) < 4.78 is 10.1. The summed E-state index contributed by atoms with van der Waals surface area (Å²) in [4.78, 5) is 38.1. The van der Waals surface area contributed by atoms with Crippen LogP contribution in [-0.2, 0) is 9.59 Å². The molecule has 0 radical (unpaired) electrons. The molecule has 3 rings (SSSR count). The number of amides is 4. The molecule has 1 aliphatic heterocycles. The van der Waals surface area contributed by atoms with E-state index in [9.17, 15) is 19.5 Å². The first-order valence-electron chi connectivity index (χ1n) is 7.97. The predicted octanol–water partition coefficient (Wildman–Crippen LogP) is 2.73. The summed E-state index contributed by atoms with van der Waals surface area (Å²) in [5.41, 5.74) is 0.324. The minimum absolute atomic E-state index is 0.0158. The molecule has 2 aromatic rings. The first kappa shape index (κ1) is 19.2. The Labute approximate surface area is 164 Å². The first-order chi connectivity index (χ1) is 13.3. The van der Waals surface area contributed by atoms with Crippen molar-refractivity contribution in [1.29, 1.82) is 0 Å². The van der Waals surface area contributed by atoms with E-state index in [0.717, 1.165) is 4.90 Å². The topological polar surface area (TPSA) is 105 Å². The number of halogens is 1. The molecule has 0 unspecified atom stereocenters. The molecule has 4 amide bonds. The molecule has 1 heterocycles. The van der Waals surface area contributed by atoms with Crippen molar-refractivity contribution >= 4 is 41.2 Å². The molecule has 0 saturated carbocycles. The van der Waals surface area contributed by atoms with Crippen LogP contribution in [0.25, 0.3) is 6.08 Å². The van der Waals surface area contributed by atoms with Gasteiger partial charge in [0.25, 0.3) is 11.8 Å². The number of ether oxygens (including phenoxy) is 2. The number of hydrogen-bond acceptors (Lipinski definition) is 6.